The van der Waals surface area contributed by atoms with E-state index in [1.54, 1.807) is 0 Å². The fourth-order valence-corrected chi connectivity index (χ4v) is 2.29. The summed E-state index contributed by atoms with van der Waals surface area (Å²) in [6.07, 6.45) is 6.73. The van der Waals surface area contributed by atoms with Gasteiger partial charge in [0.05, 0.1) is 0 Å². The molecule has 2 nitrogen and oxygen atoms in total. The summed E-state index contributed by atoms with van der Waals surface area (Å²) in [5.41, 5.74) is 6.21. The van der Waals surface area contributed by atoms with Crippen LogP contribution in [0.2, 0.25) is 0 Å². The third-order valence-electron chi connectivity index (χ3n) is 3.45. The normalized spacial score (nSPS) is 23.0. The molecular formula is C10H22N2. The van der Waals surface area contributed by atoms with Crippen molar-refractivity contribution in [2.75, 3.05) is 20.1 Å². The van der Waals surface area contributed by atoms with E-state index in [9.17, 15) is 0 Å². The molecule has 1 fully saturated rings. The first-order valence-corrected chi connectivity index (χ1v) is 5.16. The Kier molecular flexibility index (Phi) is 3.53. The molecule has 0 aromatic rings. The van der Waals surface area contributed by atoms with E-state index < -0.39 is 0 Å². The van der Waals surface area contributed by atoms with Crippen LogP contribution in [-0.2, 0) is 0 Å². The van der Waals surface area contributed by atoms with Crippen LogP contribution in [0.4, 0.5) is 0 Å². The van der Waals surface area contributed by atoms with Gasteiger partial charge in [-0.3, -0.25) is 4.90 Å². The molecule has 0 amide bonds. The van der Waals surface area contributed by atoms with Crippen molar-refractivity contribution in [1.82, 2.24) is 4.90 Å². The number of rotatable bonds is 3. The van der Waals surface area contributed by atoms with Gasteiger partial charge in [-0.05, 0) is 26.4 Å². The van der Waals surface area contributed by atoms with Gasteiger partial charge >= 0.3 is 0 Å². The molecule has 72 valence electrons. The highest BCUT2D eigenvalue weighted by Crippen LogP contribution is 2.31. The number of nitrogens with two attached hydrogens (primary N) is 1. The Hall–Kier alpha value is -0.0800. The first-order chi connectivity index (χ1) is 5.75. The minimum atomic E-state index is 0.340. The van der Waals surface area contributed by atoms with Crippen molar-refractivity contribution >= 4 is 0 Å². The summed E-state index contributed by atoms with van der Waals surface area (Å²) >= 11 is 0. The van der Waals surface area contributed by atoms with Gasteiger partial charge in [0.15, 0.2) is 0 Å². The molecule has 0 spiro atoms. The van der Waals surface area contributed by atoms with Crippen LogP contribution in [0, 0.1) is 0 Å². The zero-order chi connectivity index (χ0) is 9.03. The van der Waals surface area contributed by atoms with Crippen molar-refractivity contribution in [2.24, 2.45) is 5.73 Å². The summed E-state index contributed by atoms with van der Waals surface area (Å²) in [6, 6.07) is 0. The third-order valence-corrected chi connectivity index (χ3v) is 3.45. The van der Waals surface area contributed by atoms with Gasteiger partial charge in [0.1, 0.15) is 0 Å². The van der Waals surface area contributed by atoms with Crippen molar-refractivity contribution in [2.45, 2.75) is 44.6 Å². The maximum atomic E-state index is 5.87. The van der Waals surface area contributed by atoms with Gasteiger partial charge in [-0.1, -0.05) is 26.2 Å². The van der Waals surface area contributed by atoms with E-state index in [0.29, 0.717) is 5.54 Å². The standard InChI is InChI=1S/C10H22N2/c1-3-12(2)10(9-11)7-5-4-6-8-10/h3-9,11H2,1-2H3. The van der Waals surface area contributed by atoms with Crippen LogP contribution in [0.1, 0.15) is 39.0 Å². The predicted octanol–water partition coefficient (Wildman–Crippen LogP) is 1.60. The molecule has 1 saturated carbocycles. The minimum absolute atomic E-state index is 0.340. The number of likely N-dealkylation sites (N-methyl/N-ethyl adjacent to an activating group) is 1. The lowest BCUT2D eigenvalue weighted by molar-refractivity contribution is 0.0881. The van der Waals surface area contributed by atoms with Crippen molar-refractivity contribution < 1.29 is 0 Å². The molecule has 0 aromatic heterocycles. The second-order valence-electron chi connectivity index (χ2n) is 4.00. The molecule has 0 heterocycles. The Morgan fingerprint density at radius 2 is 1.83 bits per heavy atom. The van der Waals surface area contributed by atoms with Crippen LogP contribution in [0.5, 0.6) is 0 Å². The van der Waals surface area contributed by atoms with Crippen LogP contribution in [-0.4, -0.2) is 30.6 Å². The molecule has 12 heavy (non-hydrogen) atoms. The molecule has 1 rings (SSSR count). The molecule has 0 saturated heterocycles. The lowest BCUT2D eigenvalue weighted by Gasteiger charge is -2.43. The molecule has 0 aliphatic heterocycles. The second kappa shape index (κ2) is 4.24. The fraction of sp³-hybridized carbons (Fsp3) is 1.00. The van der Waals surface area contributed by atoms with Gasteiger partial charge < -0.3 is 5.73 Å². The minimum Gasteiger partial charge on any atom is -0.329 e. The van der Waals surface area contributed by atoms with Crippen LogP contribution in [0.3, 0.4) is 0 Å². The summed E-state index contributed by atoms with van der Waals surface area (Å²) in [6.45, 7) is 4.17. The first kappa shape index (κ1) is 10.0. The van der Waals surface area contributed by atoms with Crippen molar-refractivity contribution in [3.63, 3.8) is 0 Å². The maximum absolute atomic E-state index is 5.87. The van der Waals surface area contributed by atoms with Gasteiger partial charge in [-0.15, -0.1) is 0 Å². The summed E-state index contributed by atoms with van der Waals surface area (Å²) in [7, 11) is 2.21. The van der Waals surface area contributed by atoms with E-state index in [1.165, 1.54) is 32.1 Å². The quantitative estimate of drug-likeness (QED) is 0.697. The zero-order valence-electron chi connectivity index (χ0n) is 8.47. The predicted molar refractivity (Wildman–Crippen MR) is 53.2 cm³/mol. The van der Waals surface area contributed by atoms with Crippen LogP contribution >= 0.6 is 0 Å². The summed E-state index contributed by atoms with van der Waals surface area (Å²) in [5.74, 6) is 0. The van der Waals surface area contributed by atoms with E-state index in [2.05, 4.69) is 18.9 Å². The van der Waals surface area contributed by atoms with Gasteiger partial charge in [-0.25, -0.2) is 0 Å². The Bertz CT molecular complexity index is 128. The molecule has 0 atom stereocenters. The van der Waals surface area contributed by atoms with Crippen molar-refractivity contribution in [3.8, 4) is 0 Å². The molecule has 0 unspecified atom stereocenters. The topological polar surface area (TPSA) is 29.3 Å². The smallest absolute Gasteiger partial charge is 0.0328 e. The third kappa shape index (κ3) is 1.80. The number of hydrogen-bond donors (Lipinski definition) is 1. The average molecular weight is 170 g/mol. The molecule has 0 bridgehead atoms. The highest BCUT2D eigenvalue weighted by molar-refractivity contribution is 4.92. The Morgan fingerprint density at radius 3 is 2.25 bits per heavy atom. The largest absolute Gasteiger partial charge is 0.329 e. The fourth-order valence-electron chi connectivity index (χ4n) is 2.29. The summed E-state index contributed by atoms with van der Waals surface area (Å²) in [4.78, 5) is 2.44. The lowest BCUT2D eigenvalue weighted by atomic mass is 9.80. The monoisotopic (exact) mass is 170 g/mol. The van der Waals surface area contributed by atoms with Gasteiger partial charge in [-0.2, -0.15) is 0 Å². The van der Waals surface area contributed by atoms with E-state index in [-0.39, 0.29) is 0 Å². The zero-order valence-corrected chi connectivity index (χ0v) is 8.47. The van der Waals surface area contributed by atoms with Gasteiger partial charge in [0.2, 0.25) is 0 Å². The van der Waals surface area contributed by atoms with Crippen LogP contribution in [0.25, 0.3) is 0 Å². The SMILES string of the molecule is CCN(C)C1(CN)CCCCC1. The molecule has 2 heteroatoms. The molecule has 2 N–H and O–H groups in total. The highest BCUT2D eigenvalue weighted by atomic mass is 15.2. The van der Waals surface area contributed by atoms with Crippen molar-refractivity contribution in [1.29, 1.82) is 0 Å². The van der Waals surface area contributed by atoms with Crippen LogP contribution < -0.4 is 5.73 Å². The first-order valence-electron chi connectivity index (χ1n) is 5.16. The maximum Gasteiger partial charge on any atom is 0.0328 e. The Balaban J connectivity index is 2.59. The summed E-state index contributed by atoms with van der Waals surface area (Å²) in [5, 5.41) is 0. The van der Waals surface area contributed by atoms with Gasteiger partial charge in [0.25, 0.3) is 0 Å². The average Bonchev–Trinajstić information content (AvgIpc) is 2.17. The van der Waals surface area contributed by atoms with E-state index in [4.69, 9.17) is 5.73 Å². The van der Waals surface area contributed by atoms with E-state index in [0.717, 1.165) is 13.1 Å². The van der Waals surface area contributed by atoms with Crippen LogP contribution in [0.15, 0.2) is 0 Å². The second-order valence-corrected chi connectivity index (χ2v) is 4.00. The molecular weight excluding hydrogens is 148 g/mol. The van der Waals surface area contributed by atoms with E-state index in [1.807, 2.05) is 0 Å². The van der Waals surface area contributed by atoms with E-state index >= 15 is 0 Å². The molecule has 0 aromatic carbocycles. The molecule has 1 aliphatic carbocycles. The Labute approximate surface area is 76.1 Å². The molecule has 0 radical (unpaired) electrons. The summed E-state index contributed by atoms with van der Waals surface area (Å²) < 4.78 is 0. The van der Waals surface area contributed by atoms with Gasteiger partial charge in [0, 0.05) is 12.1 Å². The van der Waals surface area contributed by atoms with Crippen molar-refractivity contribution in [3.05, 3.63) is 0 Å². The highest BCUT2D eigenvalue weighted by Gasteiger charge is 2.33. The number of nitrogens with zero attached hydrogens (tertiary/aromatic N) is 1. The lowest BCUT2D eigenvalue weighted by Crippen LogP contribution is -2.53. The molecule has 1 aliphatic rings. The Morgan fingerprint density at radius 1 is 1.25 bits per heavy atom. The number of hydrogen-bond acceptors (Lipinski definition) is 2.